The van der Waals surface area contributed by atoms with Gasteiger partial charge >= 0.3 is 0 Å². The van der Waals surface area contributed by atoms with Gasteiger partial charge in [0.1, 0.15) is 5.60 Å². The first-order valence-corrected chi connectivity index (χ1v) is 7.10. The van der Waals surface area contributed by atoms with E-state index in [0.717, 1.165) is 29.2 Å². The molecule has 0 spiro atoms. The maximum atomic E-state index is 5.90. The third-order valence-electron chi connectivity index (χ3n) is 2.27. The highest BCUT2D eigenvalue weighted by Crippen LogP contribution is 2.39. The molecule has 0 saturated heterocycles. The van der Waals surface area contributed by atoms with Crippen molar-refractivity contribution in [1.29, 1.82) is 0 Å². The summed E-state index contributed by atoms with van der Waals surface area (Å²) < 4.78 is 11.7. The molecule has 0 unspecified atom stereocenters. The van der Waals surface area contributed by atoms with Crippen molar-refractivity contribution in [2.75, 3.05) is 6.26 Å². The van der Waals surface area contributed by atoms with E-state index in [0.29, 0.717) is 6.10 Å². The summed E-state index contributed by atoms with van der Waals surface area (Å²) in [5, 5.41) is 0. The lowest BCUT2D eigenvalue weighted by Gasteiger charge is -2.23. The zero-order chi connectivity index (χ0) is 12.5. The van der Waals surface area contributed by atoms with Crippen LogP contribution in [0.15, 0.2) is 17.3 Å². The average Bonchev–Trinajstić information content (AvgIpc) is 2.99. The molecule has 0 bridgehead atoms. The predicted molar refractivity (Wildman–Crippen MR) is 70.0 cm³/mol. The summed E-state index contributed by atoms with van der Waals surface area (Å²) in [7, 11) is 0. The first-order chi connectivity index (χ1) is 7.99. The molecule has 3 nitrogen and oxygen atoms in total. The molecule has 0 aliphatic heterocycles. The highest BCUT2D eigenvalue weighted by Gasteiger charge is 2.26. The molecule has 0 radical (unpaired) electrons. The smallest absolute Gasteiger partial charge is 0.155 e. The fourth-order valence-electron chi connectivity index (χ4n) is 1.46. The van der Waals surface area contributed by atoms with Crippen molar-refractivity contribution in [3.05, 3.63) is 12.4 Å². The van der Waals surface area contributed by atoms with Crippen molar-refractivity contribution < 1.29 is 9.47 Å². The lowest BCUT2D eigenvalue weighted by atomic mass is 10.2. The van der Waals surface area contributed by atoms with Gasteiger partial charge in [-0.25, -0.2) is 0 Å². The first kappa shape index (κ1) is 12.6. The first-order valence-electron chi connectivity index (χ1n) is 5.87. The van der Waals surface area contributed by atoms with Crippen LogP contribution < -0.4 is 9.47 Å². The van der Waals surface area contributed by atoms with E-state index in [1.165, 1.54) is 0 Å². The van der Waals surface area contributed by atoms with Crippen molar-refractivity contribution in [3.8, 4) is 11.5 Å². The number of rotatable bonds is 4. The van der Waals surface area contributed by atoms with Crippen LogP contribution in [0.3, 0.4) is 0 Å². The third kappa shape index (κ3) is 3.53. The van der Waals surface area contributed by atoms with E-state index in [1.807, 2.05) is 27.0 Å². The molecule has 94 valence electrons. The molecular weight excluding hydrogens is 234 g/mol. The summed E-state index contributed by atoms with van der Waals surface area (Å²) in [4.78, 5) is 5.24. The van der Waals surface area contributed by atoms with Gasteiger partial charge in [-0.15, -0.1) is 11.8 Å². The van der Waals surface area contributed by atoms with Crippen LogP contribution >= 0.6 is 11.8 Å². The van der Waals surface area contributed by atoms with Crippen LogP contribution in [-0.4, -0.2) is 22.9 Å². The van der Waals surface area contributed by atoms with Crippen molar-refractivity contribution in [3.63, 3.8) is 0 Å². The molecule has 1 aromatic heterocycles. The van der Waals surface area contributed by atoms with E-state index < -0.39 is 0 Å². The fraction of sp³-hybridized carbons (Fsp3) is 0.615. The van der Waals surface area contributed by atoms with Crippen LogP contribution in [0.1, 0.15) is 33.6 Å². The minimum atomic E-state index is -0.218. The van der Waals surface area contributed by atoms with Gasteiger partial charge in [-0.1, -0.05) is 0 Å². The van der Waals surface area contributed by atoms with Crippen LogP contribution in [0.2, 0.25) is 0 Å². The molecule has 0 N–H and O–H groups in total. The van der Waals surface area contributed by atoms with Gasteiger partial charge in [0.25, 0.3) is 0 Å². The number of pyridine rings is 1. The monoisotopic (exact) mass is 253 g/mol. The summed E-state index contributed by atoms with van der Waals surface area (Å²) >= 11 is 1.64. The zero-order valence-electron chi connectivity index (χ0n) is 10.8. The van der Waals surface area contributed by atoms with E-state index in [4.69, 9.17) is 9.47 Å². The Kier molecular flexibility index (Phi) is 3.52. The summed E-state index contributed by atoms with van der Waals surface area (Å²) in [6.07, 6.45) is 8.25. The van der Waals surface area contributed by atoms with Gasteiger partial charge in [-0.05, 0) is 39.9 Å². The van der Waals surface area contributed by atoms with Crippen molar-refractivity contribution in [2.24, 2.45) is 0 Å². The molecule has 17 heavy (non-hydrogen) atoms. The lowest BCUT2D eigenvalue weighted by molar-refractivity contribution is 0.125. The Hall–Kier alpha value is -0.900. The number of thioether (sulfide) groups is 1. The Morgan fingerprint density at radius 2 is 1.88 bits per heavy atom. The Bertz CT molecular complexity index is 397. The van der Waals surface area contributed by atoms with Crippen molar-refractivity contribution in [2.45, 2.75) is 50.2 Å². The minimum Gasteiger partial charge on any atom is -0.487 e. The minimum absolute atomic E-state index is 0.218. The van der Waals surface area contributed by atoms with Gasteiger partial charge < -0.3 is 9.47 Å². The van der Waals surface area contributed by atoms with Crippen LogP contribution in [0.4, 0.5) is 0 Å². The molecular formula is C13H19NO2S. The second-order valence-electron chi connectivity index (χ2n) is 5.20. The highest BCUT2D eigenvalue weighted by atomic mass is 32.2. The van der Waals surface area contributed by atoms with Gasteiger partial charge in [-0.3, -0.25) is 4.98 Å². The largest absolute Gasteiger partial charge is 0.487 e. The van der Waals surface area contributed by atoms with Crippen molar-refractivity contribution >= 4 is 11.8 Å². The lowest BCUT2D eigenvalue weighted by Crippen LogP contribution is -2.23. The number of ether oxygens (including phenoxy) is 2. The standard InChI is InChI=1S/C13H19NO2S/c1-13(2,3)16-11-8-14-7-10(12(11)17-4)15-9-5-6-9/h7-9H,5-6H2,1-4H3. The van der Waals surface area contributed by atoms with E-state index >= 15 is 0 Å². The number of nitrogens with zero attached hydrogens (tertiary/aromatic N) is 1. The molecule has 1 aliphatic rings. The van der Waals surface area contributed by atoms with E-state index in [2.05, 4.69) is 4.98 Å². The van der Waals surface area contributed by atoms with Gasteiger partial charge in [0.2, 0.25) is 0 Å². The topological polar surface area (TPSA) is 31.4 Å². The summed E-state index contributed by atoms with van der Waals surface area (Å²) in [5.74, 6) is 1.66. The van der Waals surface area contributed by atoms with Crippen LogP contribution in [0.25, 0.3) is 0 Å². The summed E-state index contributed by atoms with van der Waals surface area (Å²) in [6.45, 7) is 6.10. The maximum Gasteiger partial charge on any atom is 0.155 e. The Morgan fingerprint density at radius 3 is 2.41 bits per heavy atom. The van der Waals surface area contributed by atoms with Crippen LogP contribution in [0.5, 0.6) is 11.5 Å². The predicted octanol–water partition coefficient (Wildman–Crippen LogP) is 3.52. The Labute approximate surface area is 107 Å². The quantitative estimate of drug-likeness (QED) is 0.768. The molecule has 1 aliphatic carbocycles. The molecule has 1 saturated carbocycles. The Morgan fingerprint density at radius 1 is 1.24 bits per heavy atom. The van der Waals surface area contributed by atoms with Gasteiger partial charge in [-0.2, -0.15) is 0 Å². The zero-order valence-corrected chi connectivity index (χ0v) is 11.6. The van der Waals surface area contributed by atoms with Gasteiger partial charge in [0.15, 0.2) is 11.5 Å². The second-order valence-corrected chi connectivity index (χ2v) is 6.02. The van der Waals surface area contributed by atoms with Gasteiger partial charge in [0, 0.05) is 0 Å². The second kappa shape index (κ2) is 4.77. The van der Waals surface area contributed by atoms with E-state index in [-0.39, 0.29) is 5.60 Å². The number of hydrogen-bond donors (Lipinski definition) is 0. The molecule has 0 amide bonds. The molecule has 1 heterocycles. The molecule has 0 aromatic carbocycles. The number of aromatic nitrogens is 1. The highest BCUT2D eigenvalue weighted by molar-refractivity contribution is 7.98. The Balaban J connectivity index is 2.24. The molecule has 2 rings (SSSR count). The molecule has 1 fully saturated rings. The summed E-state index contributed by atoms with van der Waals surface area (Å²) in [6, 6.07) is 0. The molecule has 0 atom stereocenters. The third-order valence-corrected chi connectivity index (χ3v) is 3.08. The molecule has 1 aromatic rings. The van der Waals surface area contributed by atoms with Crippen molar-refractivity contribution in [1.82, 2.24) is 4.98 Å². The van der Waals surface area contributed by atoms with E-state index in [1.54, 1.807) is 24.2 Å². The summed E-state index contributed by atoms with van der Waals surface area (Å²) in [5.41, 5.74) is -0.218. The number of hydrogen-bond acceptors (Lipinski definition) is 4. The van der Waals surface area contributed by atoms with Gasteiger partial charge in [0.05, 0.1) is 23.4 Å². The average molecular weight is 253 g/mol. The van der Waals surface area contributed by atoms with Crippen LogP contribution in [0, 0.1) is 0 Å². The SMILES string of the molecule is CSc1c(OC2CC2)cncc1OC(C)(C)C. The van der Waals surface area contributed by atoms with E-state index in [9.17, 15) is 0 Å². The fourth-order valence-corrected chi connectivity index (χ4v) is 2.06. The van der Waals surface area contributed by atoms with Crippen LogP contribution in [-0.2, 0) is 0 Å². The normalized spacial score (nSPS) is 15.8. The maximum absolute atomic E-state index is 5.90. The molecule has 4 heteroatoms.